The molecule has 1 fully saturated rings. The van der Waals surface area contributed by atoms with Gasteiger partial charge in [0.15, 0.2) is 0 Å². The van der Waals surface area contributed by atoms with E-state index >= 15 is 0 Å². The summed E-state index contributed by atoms with van der Waals surface area (Å²) in [5, 5.41) is 3.59. The van der Waals surface area contributed by atoms with Crippen molar-refractivity contribution in [2.75, 3.05) is 0 Å². The van der Waals surface area contributed by atoms with Gasteiger partial charge >= 0.3 is 0 Å². The molecule has 0 aliphatic carbocycles. The van der Waals surface area contributed by atoms with Crippen LogP contribution in [-0.2, 0) is 4.79 Å². The van der Waals surface area contributed by atoms with Gasteiger partial charge in [-0.05, 0) is 31.1 Å². The lowest BCUT2D eigenvalue weighted by Crippen LogP contribution is -2.49. The van der Waals surface area contributed by atoms with Gasteiger partial charge < -0.3 is 4.90 Å². The van der Waals surface area contributed by atoms with Crippen molar-refractivity contribution in [1.29, 1.82) is 0 Å². The van der Waals surface area contributed by atoms with E-state index in [4.69, 9.17) is 0 Å². The molecule has 1 aliphatic rings. The number of hydrogen-bond acceptors (Lipinski definition) is 2. The normalized spacial score (nSPS) is 25.6. The number of amides is 1. The van der Waals surface area contributed by atoms with E-state index in [1.807, 2.05) is 0 Å². The summed E-state index contributed by atoms with van der Waals surface area (Å²) in [5.41, 5.74) is 0.117. The molecule has 1 heterocycles. The molecule has 118 valence electrons. The molecule has 3 unspecified atom stereocenters. The van der Waals surface area contributed by atoms with Crippen molar-refractivity contribution in [2.24, 2.45) is 11.3 Å². The van der Waals surface area contributed by atoms with E-state index in [0.29, 0.717) is 11.8 Å². The van der Waals surface area contributed by atoms with Crippen LogP contribution in [0.5, 0.6) is 0 Å². The van der Waals surface area contributed by atoms with Crippen LogP contribution in [0.15, 0.2) is 0 Å². The maximum absolute atomic E-state index is 12.8. The zero-order valence-electron chi connectivity index (χ0n) is 14.5. The maximum atomic E-state index is 12.8. The lowest BCUT2D eigenvalue weighted by atomic mass is 9.86. The summed E-state index contributed by atoms with van der Waals surface area (Å²) in [5.74, 6) is 0.909. The monoisotopic (exact) mass is 282 g/mol. The van der Waals surface area contributed by atoms with Gasteiger partial charge in [0.2, 0.25) is 5.91 Å². The molecule has 0 saturated carbocycles. The zero-order valence-corrected chi connectivity index (χ0v) is 14.5. The molecule has 1 saturated heterocycles. The van der Waals surface area contributed by atoms with Gasteiger partial charge in [0.1, 0.15) is 0 Å². The fourth-order valence-electron chi connectivity index (χ4n) is 2.84. The van der Waals surface area contributed by atoms with E-state index in [2.05, 4.69) is 58.7 Å². The van der Waals surface area contributed by atoms with Crippen LogP contribution in [0, 0.1) is 11.3 Å². The molecule has 20 heavy (non-hydrogen) atoms. The summed E-state index contributed by atoms with van der Waals surface area (Å²) in [4.78, 5) is 14.9. The number of rotatable bonds is 6. The van der Waals surface area contributed by atoms with Crippen molar-refractivity contribution in [2.45, 2.75) is 92.4 Å². The number of hydrogen-bond donors (Lipinski definition) is 1. The first-order chi connectivity index (χ1) is 9.18. The Balaban J connectivity index is 2.87. The van der Waals surface area contributed by atoms with E-state index in [9.17, 15) is 4.79 Å². The van der Waals surface area contributed by atoms with E-state index in [1.54, 1.807) is 0 Å². The molecular weight excluding hydrogens is 248 g/mol. The fourth-order valence-corrected chi connectivity index (χ4v) is 2.84. The van der Waals surface area contributed by atoms with Crippen LogP contribution in [0.25, 0.3) is 0 Å². The highest BCUT2D eigenvalue weighted by molar-refractivity contribution is 5.84. The SMILES string of the molecule is CCCCC1NC(CC(C)C)N(C(C)C(C)(C)C)C1=O. The highest BCUT2D eigenvalue weighted by Crippen LogP contribution is 2.31. The second-order valence-electron chi connectivity index (χ2n) is 7.79. The first-order valence-corrected chi connectivity index (χ1v) is 8.26. The smallest absolute Gasteiger partial charge is 0.241 e. The Labute approximate surface area is 125 Å². The van der Waals surface area contributed by atoms with Gasteiger partial charge in [0, 0.05) is 6.04 Å². The minimum Gasteiger partial charge on any atom is -0.323 e. The maximum Gasteiger partial charge on any atom is 0.241 e. The largest absolute Gasteiger partial charge is 0.323 e. The lowest BCUT2D eigenvalue weighted by molar-refractivity contribution is -0.134. The Hall–Kier alpha value is -0.570. The Morgan fingerprint density at radius 2 is 1.85 bits per heavy atom. The highest BCUT2D eigenvalue weighted by Gasteiger charge is 2.43. The van der Waals surface area contributed by atoms with Crippen molar-refractivity contribution in [1.82, 2.24) is 10.2 Å². The molecule has 1 aliphatic heterocycles. The molecule has 1 amide bonds. The third-order valence-electron chi connectivity index (χ3n) is 4.49. The Morgan fingerprint density at radius 3 is 2.30 bits per heavy atom. The number of carbonyl (C=O) groups is 1. The molecule has 1 N–H and O–H groups in total. The molecule has 3 heteroatoms. The van der Waals surface area contributed by atoms with Gasteiger partial charge in [-0.25, -0.2) is 0 Å². The van der Waals surface area contributed by atoms with Crippen LogP contribution in [0.4, 0.5) is 0 Å². The van der Waals surface area contributed by atoms with Crippen molar-refractivity contribution >= 4 is 5.91 Å². The van der Waals surface area contributed by atoms with Crippen molar-refractivity contribution in [3.8, 4) is 0 Å². The van der Waals surface area contributed by atoms with Crippen LogP contribution in [0.2, 0.25) is 0 Å². The van der Waals surface area contributed by atoms with Gasteiger partial charge in [0.25, 0.3) is 0 Å². The highest BCUT2D eigenvalue weighted by atomic mass is 16.2. The van der Waals surface area contributed by atoms with E-state index in [-0.39, 0.29) is 23.7 Å². The molecule has 1 rings (SSSR count). The summed E-state index contributed by atoms with van der Waals surface area (Å²) in [6.45, 7) is 15.5. The van der Waals surface area contributed by atoms with Gasteiger partial charge in [0.05, 0.1) is 12.2 Å². The summed E-state index contributed by atoms with van der Waals surface area (Å²) in [7, 11) is 0. The first-order valence-electron chi connectivity index (χ1n) is 8.26. The summed E-state index contributed by atoms with van der Waals surface area (Å²) in [6.07, 6.45) is 4.48. The lowest BCUT2D eigenvalue weighted by Gasteiger charge is -2.39. The quantitative estimate of drug-likeness (QED) is 0.804. The molecule has 0 spiro atoms. The standard InChI is InChI=1S/C17H34N2O/c1-8-9-10-14-16(20)19(13(4)17(5,6)7)15(18-14)11-12(2)3/h12-15,18H,8-11H2,1-7H3. The predicted molar refractivity (Wildman–Crippen MR) is 85.5 cm³/mol. The first kappa shape index (κ1) is 17.5. The molecule has 0 aromatic carbocycles. The summed E-state index contributed by atoms with van der Waals surface area (Å²) < 4.78 is 0. The van der Waals surface area contributed by atoms with Crippen LogP contribution in [0.3, 0.4) is 0 Å². The third kappa shape index (κ3) is 4.21. The number of nitrogens with zero attached hydrogens (tertiary/aromatic N) is 1. The second kappa shape index (κ2) is 6.93. The van der Waals surface area contributed by atoms with Gasteiger partial charge in [-0.2, -0.15) is 0 Å². The minimum absolute atomic E-state index is 0.0310. The van der Waals surface area contributed by atoms with Crippen molar-refractivity contribution in [3.63, 3.8) is 0 Å². The molecule has 0 bridgehead atoms. The fraction of sp³-hybridized carbons (Fsp3) is 0.941. The number of nitrogens with one attached hydrogen (secondary N) is 1. The van der Waals surface area contributed by atoms with E-state index in [1.165, 1.54) is 0 Å². The zero-order chi connectivity index (χ0) is 15.5. The predicted octanol–water partition coefficient (Wildman–Crippen LogP) is 3.78. The van der Waals surface area contributed by atoms with Crippen molar-refractivity contribution in [3.05, 3.63) is 0 Å². The van der Waals surface area contributed by atoms with Crippen LogP contribution < -0.4 is 5.32 Å². The molecule has 0 radical (unpaired) electrons. The third-order valence-corrected chi connectivity index (χ3v) is 4.49. The Bertz CT molecular complexity index is 319. The molecule has 0 aromatic heterocycles. The average Bonchev–Trinajstić information content (AvgIpc) is 2.60. The molecule has 3 atom stereocenters. The Morgan fingerprint density at radius 1 is 1.25 bits per heavy atom. The second-order valence-corrected chi connectivity index (χ2v) is 7.79. The Kier molecular flexibility index (Phi) is 6.06. The summed E-state index contributed by atoms with van der Waals surface area (Å²) >= 11 is 0. The molecular formula is C17H34N2O. The van der Waals surface area contributed by atoms with Gasteiger partial charge in [-0.3, -0.25) is 10.1 Å². The van der Waals surface area contributed by atoms with Crippen molar-refractivity contribution < 1.29 is 4.79 Å². The average molecular weight is 282 g/mol. The number of unbranched alkanes of at least 4 members (excludes halogenated alkanes) is 1. The van der Waals surface area contributed by atoms with Crippen LogP contribution in [0.1, 0.15) is 74.1 Å². The molecule has 0 aromatic rings. The molecule has 3 nitrogen and oxygen atoms in total. The summed E-state index contributed by atoms with van der Waals surface area (Å²) in [6, 6.07) is 0.293. The van der Waals surface area contributed by atoms with E-state index in [0.717, 1.165) is 25.7 Å². The van der Waals surface area contributed by atoms with Crippen LogP contribution >= 0.6 is 0 Å². The van der Waals surface area contributed by atoms with Gasteiger partial charge in [-0.15, -0.1) is 0 Å². The van der Waals surface area contributed by atoms with E-state index < -0.39 is 0 Å². The van der Waals surface area contributed by atoms with Crippen LogP contribution in [-0.4, -0.2) is 29.1 Å². The minimum atomic E-state index is 0.0310. The topological polar surface area (TPSA) is 32.3 Å². The van der Waals surface area contributed by atoms with Gasteiger partial charge in [-0.1, -0.05) is 54.4 Å². The number of carbonyl (C=O) groups excluding carboxylic acids is 1.